The molecule has 2 aliphatic heterocycles. The van der Waals surface area contributed by atoms with Crippen LogP contribution in [0.15, 0.2) is 109 Å². The molecular formula is C35H46N2O2Y-2. The van der Waals surface area contributed by atoms with Gasteiger partial charge in [0.1, 0.15) is 11.5 Å². The zero-order valence-electron chi connectivity index (χ0n) is 25.2. The molecule has 213 valence electrons. The first-order valence-electron chi connectivity index (χ1n) is 13.3. The van der Waals surface area contributed by atoms with Crippen molar-refractivity contribution in [1.29, 1.82) is 0 Å². The molecule has 6 rings (SSSR count). The van der Waals surface area contributed by atoms with E-state index in [4.69, 9.17) is 9.47 Å². The average molecular weight is 616 g/mol. The Balaban J connectivity index is 0.000000616. The summed E-state index contributed by atoms with van der Waals surface area (Å²) in [5.74, 6) is 2.02. The first kappa shape index (κ1) is 37.2. The summed E-state index contributed by atoms with van der Waals surface area (Å²) >= 11 is 0. The molecule has 4 nitrogen and oxygen atoms in total. The van der Waals surface area contributed by atoms with Gasteiger partial charge in [-0.25, -0.2) is 0 Å². The summed E-state index contributed by atoms with van der Waals surface area (Å²) in [5, 5.41) is 0. The van der Waals surface area contributed by atoms with Crippen LogP contribution >= 0.6 is 0 Å². The Morgan fingerprint density at radius 1 is 0.525 bits per heavy atom. The van der Waals surface area contributed by atoms with Gasteiger partial charge in [0.15, 0.2) is 13.5 Å². The summed E-state index contributed by atoms with van der Waals surface area (Å²) in [6.45, 7) is 11.3. The molecule has 5 heteroatoms. The number of rotatable bonds is 2. The molecule has 1 radical (unpaired) electrons. The Bertz CT molecular complexity index is 1080. The maximum Gasteiger partial charge on any atom is 0.161 e. The third kappa shape index (κ3) is 11.0. The molecule has 0 aliphatic carbocycles. The quantitative estimate of drug-likeness (QED) is 0.210. The van der Waals surface area contributed by atoms with Crippen LogP contribution in [0.3, 0.4) is 0 Å². The topological polar surface area (TPSA) is 24.9 Å². The summed E-state index contributed by atoms with van der Waals surface area (Å²) in [4.78, 5) is 4.45. The van der Waals surface area contributed by atoms with Crippen molar-refractivity contribution in [1.82, 2.24) is 0 Å². The monoisotopic (exact) mass is 615 g/mol. The van der Waals surface area contributed by atoms with Crippen LogP contribution in [-0.4, -0.2) is 13.5 Å². The third-order valence-corrected chi connectivity index (χ3v) is 5.66. The number of nitrogens with zero attached hydrogens (tertiary/aromatic N) is 2. The Hall–Kier alpha value is -2.82. The molecule has 2 aliphatic rings. The summed E-state index contributed by atoms with van der Waals surface area (Å²) in [5.41, 5.74) is 4.91. The number of benzene rings is 4. The van der Waals surface area contributed by atoms with E-state index in [1.165, 1.54) is 28.9 Å². The number of ether oxygens (including phenoxy) is 2. The summed E-state index contributed by atoms with van der Waals surface area (Å²) in [7, 11) is 0. The van der Waals surface area contributed by atoms with Gasteiger partial charge >= 0.3 is 0 Å². The molecule has 4 aromatic carbocycles. The van der Waals surface area contributed by atoms with Gasteiger partial charge in [-0.1, -0.05) is 107 Å². The van der Waals surface area contributed by atoms with Gasteiger partial charge in [0.05, 0.1) is 0 Å². The Morgan fingerprint density at radius 3 is 1.18 bits per heavy atom. The smallest absolute Gasteiger partial charge is 0.161 e. The molecule has 40 heavy (non-hydrogen) atoms. The fourth-order valence-electron chi connectivity index (χ4n) is 3.96. The largest absolute Gasteiger partial charge is 0.473 e. The minimum atomic E-state index is 0. The van der Waals surface area contributed by atoms with Crippen molar-refractivity contribution in [3.8, 4) is 11.5 Å². The Kier molecular flexibility index (Phi) is 19.5. The Morgan fingerprint density at radius 2 is 0.825 bits per heavy atom. The van der Waals surface area contributed by atoms with Crippen molar-refractivity contribution in [2.24, 2.45) is 0 Å². The molecule has 0 unspecified atom stereocenters. The van der Waals surface area contributed by atoms with Crippen LogP contribution in [0.2, 0.25) is 0 Å². The second-order valence-corrected chi connectivity index (χ2v) is 8.54. The van der Waals surface area contributed by atoms with E-state index >= 15 is 0 Å². The van der Waals surface area contributed by atoms with Crippen molar-refractivity contribution < 1.29 is 42.2 Å². The van der Waals surface area contributed by atoms with E-state index in [2.05, 4.69) is 96.4 Å². The van der Waals surface area contributed by atoms with E-state index in [0.29, 0.717) is 13.5 Å². The zero-order chi connectivity index (χ0) is 26.3. The maximum absolute atomic E-state index is 5.72. The summed E-state index contributed by atoms with van der Waals surface area (Å²) in [6, 6.07) is 37.1. The van der Waals surface area contributed by atoms with E-state index < -0.39 is 0 Å². The predicted octanol–water partition coefficient (Wildman–Crippen LogP) is 9.43. The molecule has 0 spiro atoms. The molecule has 4 aromatic rings. The molecule has 0 saturated carbocycles. The van der Waals surface area contributed by atoms with Crippen LogP contribution in [-0.2, 0) is 45.8 Å². The van der Waals surface area contributed by atoms with Gasteiger partial charge in [-0.3, -0.25) is 0 Å². The van der Waals surface area contributed by atoms with Crippen LogP contribution in [0.4, 0.5) is 11.4 Å². The summed E-state index contributed by atoms with van der Waals surface area (Å²) < 4.78 is 11.4. The molecule has 0 saturated heterocycles. The first-order valence-corrected chi connectivity index (χ1v) is 13.3. The van der Waals surface area contributed by atoms with Crippen LogP contribution in [0.5, 0.6) is 11.5 Å². The number of hydrogen-bond acceptors (Lipinski definition) is 4. The number of anilines is 2. The van der Waals surface area contributed by atoms with Crippen LogP contribution in [0, 0.1) is 14.9 Å². The van der Waals surface area contributed by atoms with Crippen LogP contribution in [0.1, 0.15) is 45.2 Å². The maximum atomic E-state index is 5.72. The van der Waals surface area contributed by atoms with E-state index in [1.807, 2.05) is 50.2 Å². The first-order chi connectivity index (χ1) is 18.3. The van der Waals surface area contributed by atoms with Crippen molar-refractivity contribution in [3.63, 3.8) is 0 Å². The number of fused-ring (bicyclic) bond motifs is 2. The van der Waals surface area contributed by atoms with Crippen LogP contribution < -0.4 is 19.3 Å². The molecule has 2 heterocycles. The molecule has 0 N–H and O–H groups in total. The van der Waals surface area contributed by atoms with Gasteiger partial charge in [-0.15, -0.1) is 0 Å². The molecule has 0 bridgehead atoms. The van der Waals surface area contributed by atoms with Gasteiger partial charge < -0.3 is 34.1 Å². The normalized spacial score (nSPS) is 11.9. The van der Waals surface area contributed by atoms with Gasteiger partial charge in [-0.2, -0.15) is 0 Å². The summed E-state index contributed by atoms with van der Waals surface area (Å²) in [6.07, 6.45) is 1.25. The molecule has 0 amide bonds. The van der Waals surface area contributed by atoms with Crippen LogP contribution in [0.25, 0.3) is 0 Å². The van der Waals surface area contributed by atoms with Gasteiger partial charge in [0.25, 0.3) is 0 Å². The van der Waals surface area contributed by atoms with Gasteiger partial charge in [0.2, 0.25) is 0 Å². The number of para-hydroxylation sites is 4. The fraction of sp³-hybridized carbons (Fsp3) is 0.257. The minimum Gasteiger partial charge on any atom is -0.473 e. The van der Waals surface area contributed by atoms with Crippen molar-refractivity contribution in [2.75, 3.05) is 23.3 Å². The minimum absolute atomic E-state index is 0. The number of hydrogen-bond donors (Lipinski definition) is 0. The Labute approximate surface area is 269 Å². The predicted molar refractivity (Wildman–Crippen MR) is 169 cm³/mol. The van der Waals surface area contributed by atoms with E-state index in [1.54, 1.807) is 0 Å². The van der Waals surface area contributed by atoms with Crippen molar-refractivity contribution in [3.05, 3.63) is 135 Å². The van der Waals surface area contributed by atoms with Gasteiger partial charge in [0, 0.05) is 68.3 Å². The van der Waals surface area contributed by atoms with E-state index in [9.17, 15) is 0 Å². The molecule has 0 atom stereocenters. The zero-order valence-corrected chi connectivity index (χ0v) is 28.1. The third-order valence-electron chi connectivity index (χ3n) is 5.66. The standard InChI is InChI=1S/2C14H13NO.C3H8.C2H6.2CH3.Y/c2*1-2-7-13(8-3-1)15-10-12-6-4-5-9-14(12)16-11-15;1-3-2;1-2;;;/h2*1-9H,10-11H2;3H2,1-2H3;1-2H3;2*1H3;/q;;;;2*-1;. The fourth-order valence-corrected chi connectivity index (χ4v) is 3.96. The molecule has 0 aromatic heterocycles. The van der Waals surface area contributed by atoms with Gasteiger partial charge in [-0.05, 0) is 36.4 Å². The van der Waals surface area contributed by atoms with Crippen molar-refractivity contribution >= 4 is 11.4 Å². The second kappa shape index (κ2) is 21.0. The molecule has 0 fully saturated rings. The van der Waals surface area contributed by atoms with Crippen molar-refractivity contribution in [2.45, 2.75) is 47.2 Å². The molecular weight excluding hydrogens is 569 g/mol. The van der Waals surface area contributed by atoms with E-state index in [-0.39, 0.29) is 47.6 Å². The SMILES string of the molecule is CC.CCC.[CH3-].[CH3-].[Y].c1ccc(N2COc3ccccc3C2)cc1.c1ccc(N2COc3ccccc3C2)cc1. The van der Waals surface area contributed by atoms with E-state index in [0.717, 1.165) is 24.6 Å². The second-order valence-electron chi connectivity index (χ2n) is 8.54. The average Bonchev–Trinajstić information content (AvgIpc) is 2.99.